The van der Waals surface area contributed by atoms with Gasteiger partial charge in [-0.1, -0.05) is 37.3 Å². The first-order chi connectivity index (χ1) is 9.62. The van der Waals surface area contributed by atoms with E-state index in [1.807, 2.05) is 0 Å². The second-order valence-electron chi connectivity index (χ2n) is 6.08. The van der Waals surface area contributed by atoms with Gasteiger partial charge >= 0.3 is 0 Å². The summed E-state index contributed by atoms with van der Waals surface area (Å²) in [6.07, 6.45) is 7.25. The fraction of sp³-hybridized carbons (Fsp3) is 0.625. The minimum Gasteiger partial charge on any atom is -0.490 e. The summed E-state index contributed by atoms with van der Waals surface area (Å²) in [5.74, 6) is 0.161. The molecule has 2 nitrogen and oxygen atoms in total. The number of rotatable bonds is 2. The number of halogens is 2. The van der Waals surface area contributed by atoms with Gasteiger partial charge in [0.25, 0.3) is 0 Å². The Morgan fingerprint density at radius 3 is 2.50 bits per heavy atom. The first-order valence-corrected chi connectivity index (χ1v) is 7.79. The summed E-state index contributed by atoms with van der Waals surface area (Å²) in [6, 6.07) is 4.45. The molecule has 20 heavy (non-hydrogen) atoms. The Labute approximate surface area is 123 Å². The maximum Gasteiger partial charge on any atom is 0.142 e. The van der Waals surface area contributed by atoms with Crippen molar-refractivity contribution in [1.82, 2.24) is 0 Å². The van der Waals surface area contributed by atoms with Gasteiger partial charge in [-0.25, -0.2) is 4.39 Å². The molecule has 4 heteroatoms. The zero-order valence-electron chi connectivity index (χ0n) is 11.4. The minimum atomic E-state index is -0.433. The molecule has 0 heterocycles. The van der Waals surface area contributed by atoms with Crippen molar-refractivity contribution in [2.45, 2.75) is 57.2 Å². The van der Waals surface area contributed by atoms with Gasteiger partial charge < -0.3 is 9.84 Å². The molecule has 0 amide bonds. The van der Waals surface area contributed by atoms with Crippen LogP contribution in [0.1, 0.15) is 44.9 Å². The van der Waals surface area contributed by atoms with E-state index in [0.717, 1.165) is 25.7 Å². The van der Waals surface area contributed by atoms with Crippen LogP contribution in [-0.2, 0) is 0 Å². The summed E-state index contributed by atoms with van der Waals surface area (Å²) in [6.45, 7) is 0. The van der Waals surface area contributed by atoms with Crippen molar-refractivity contribution in [2.75, 3.05) is 0 Å². The van der Waals surface area contributed by atoms with E-state index in [9.17, 15) is 9.50 Å². The molecule has 2 unspecified atom stereocenters. The van der Waals surface area contributed by atoms with E-state index in [4.69, 9.17) is 16.3 Å². The lowest BCUT2D eigenvalue weighted by Crippen LogP contribution is -2.59. The van der Waals surface area contributed by atoms with Crippen molar-refractivity contribution < 1.29 is 14.2 Å². The van der Waals surface area contributed by atoms with Crippen LogP contribution in [0.2, 0.25) is 5.02 Å². The fourth-order valence-corrected chi connectivity index (χ4v) is 3.82. The highest BCUT2D eigenvalue weighted by Gasteiger charge is 2.55. The SMILES string of the molecule is OC1CC(Oc2ccc(F)c(Cl)c2)C12CCCCCC2. The Balaban J connectivity index is 1.75. The van der Waals surface area contributed by atoms with Crippen LogP contribution in [0.3, 0.4) is 0 Å². The van der Waals surface area contributed by atoms with E-state index in [2.05, 4.69) is 0 Å². The van der Waals surface area contributed by atoms with Crippen molar-refractivity contribution in [3.8, 4) is 5.75 Å². The monoisotopic (exact) mass is 298 g/mol. The number of aliphatic hydroxyl groups excluding tert-OH is 1. The normalized spacial score (nSPS) is 28.8. The lowest BCUT2D eigenvalue weighted by atomic mass is 9.59. The largest absolute Gasteiger partial charge is 0.490 e. The number of aliphatic hydroxyl groups is 1. The van der Waals surface area contributed by atoms with Crippen LogP contribution in [0.25, 0.3) is 0 Å². The molecule has 110 valence electrons. The second kappa shape index (κ2) is 5.53. The molecular formula is C16H20ClFO2. The van der Waals surface area contributed by atoms with E-state index >= 15 is 0 Å². The van der Waals surface area contributed by atoms with E-state index in [1.54, 1.807) is 6.07 Å². The maximum absolute atomic E-state index is 13.2. The van der Waals surface area contributed by atoms with Crippen molar-refractivity contribution in [2.24, 2.45) is 5.41 Å². The number of hydrogen-bond acceptors (Lipinski definition) is 2. The number of benzene rings is 1. The first kappa shape index (κ1) is 14.2. The molecule has 0 radical (unpaired) electrons. The number of hydrogen-bond donors (Lipinski definition) is 1. The van der Waals surface area contributed by atoms with Crippen LogP contribution < -0.4 is 4.74 Å². The third-order valence-corrected chi connectivity index (χ3v) is 5.24. The molecule has 1 aromatic rings. The molecule has 2 atom stereocenters. The fourth-order valence-electron chi connectivity index (χ4n) is 3.65. The van der Waals surface area contributed by atoms with Gasteiger partial charge in [-0.05, 0) is 25.0 Å². The predicted octanol–water partition coefficient (Wildman–Crippen LogP) is 4.33. The topological polar surface area (TPSA) is 29.5 Å². The van der Waals surface area contributed by atoms with Crippen LogP contribution in [0.5, 0.6) is 5.75 Å². The zero-order chi connectivity index (χ0) is 14.2. The molecule has 1 spiro atoms. The van der Waals surface area contributed by atoms with E-state index in [0.29, 0.717) is 12.2 Å². The molecule has 2 aliphatic rings. The van der Waals surface area contributed by atoms with Crippen molar-refractivity contribution >= 4 is 11.6 Å². The third kappa shape index (κ3) is 2.42. The van der Waals surface area contributed by atoms with Gasteiger partial charge in [-0.15, -0.1) is 0 Å². The van der Waals surface area contributed by atoms with E-state index in [-0.39, 0.29) is 22.6 Å². The summed E-state index contributed by atoms with van der Waals surface area (Å²) in [4.78, 5) is 0. The molecule has 1 N–H and O–H groups in total. The Morgan fingerprint density at radius 1 is 1.20 bits per heavy atom. The average molecular weight is 299 g/mol. The quantitative estimate of drug-likeness (QED) is 0.880. The molecule has 0 aromatic heterocycles. The lowest BCUT2D eigenvalue weighted by Gasteiger charge is -2.53. The van der Waals surface area contributed by atoms with E-state index < -0.39 is 5.82 Å². The average Bonchev–Trinajstić information content (AvgIpc) is 2.70. The van der Waals surface area contributed by atoms with Crippen LogP contribution in [0.15, 0.2) is 18.2 Å². The Kier molecular flexibility index (Phi) is 3.91. The summed E-state index contributed by atoms with van der Waals surface area (Å²) in [5.41, 5.74) is -0.0998. The van der Waals surface area contributed by atoms with Gasteiger partial charge in [-0.3, -0.25) is 0 Å². The van der Waals surface area contributed by atoms with Gasteiger partial charge in [0.15, 0.2) is 0 Å². The van der Waals surface area contributed by atoms with Gasteiger partial charge in [0.1, 0.15) is 17.7 Å². The number of ether oxygens (including phenoxy) is 1. The van der Waals surface area contributed by atoms with Crippen molar-refractivity contribution in [3.05, 3.63) is 29.0 Å². The summed E-state index contributed by atoms with van der Waals surface area (Å²) in [7, 11) is 0. The molecule has 1 aromatic carbocycles. The Hall–Kier alpha value is -0.800. The smallest absolute Gasteiger partial charge is 0.142 e. The van der Waals surface area contributed by atoms with Crippen molar-refractivity contribution in [3.63, 3.8) is 0 Å². The standard InChI is InChI=1S/C16H20ClFO2/c17-12-9-11(5-6-13(12)18)20-15-10-14(19)16(15)7-3-1-2-4-8-16/h5-6,9,14-15,19H,1-4,7-8,10H2. The summed E-state index contributed by atoms with van der Waals surface area (Å²) < 4.78 is 19.2. The zero-order valence-corrected chi connectivity index (χ0v) is 12.2. The van der Waals surface area contributed by atoms with Crippen molar-refractivity contribution in [1.29, 1.82) is 0 Å². The summed E-state index contributed by atoms with van der Waals surface area (Å²) in [5, 5.41) is 10.3. The van der Waals surface area contributed by atoms with Crippen LogP contribution >= 0.6 is 11.6 Å². The lowest BCUT2D eigenvalue weighted by molar-refractivity contribution is -0.163. The Bertz CT molecular complexity index is 483. The highest BCUT2D eigenvalue weighted by Crippen LogP contribution is 2.52. The maximum atomic E-state index is 13.2. The molecule has 0 aliphatic heterocycles. The van der Waals surface area contributed by atoms with E-state index in [1.165, 1.54) is 25.0 Å². The molecule has 0 saturated heterocycles. The van der Waals surface area contributed by atoms with Gasteiger partial charge in [0.05, 0.1) is 11.1 Å². The summed E-state index contributed by atoms with van der Waals surface area (Å²) >= 11 is 5.79. The Morgan fingerprint density at radius 2 is 1.90 bits per heavy atom. The minimum absolute atomic E-state index is 0.0251. The molecule has 2 aliphatic carbocycles. The molecule has 0 bridgehead atoms. The van der Waals surface area contributed by atoms with Gasteiger partial charge in [-0.2, -0.15) is 0 Å². The molecule has 2 fully saturated rings. The van der Waals surface area contributed by atoms with Gasteiger partial charge in [0, 0.05) is 17.9 Å². The van der Waals surface area contributed by atoms with Crippen LogP contribution in [0, 0.1) is 11.2 Å². The second-order valence-corrected chi connectivity index (χ2v) is 6.49. The molecule has 3 rings (SSSR count). The highest BCUT2D eigenvalue weighted by atomic mass is 35.5. The molecular weight excluding hydrogens is 279 g/mol. The highest BCUT2D eigenvalue weighted by molar-refractivity contribution is 6.30. The van der Waals surface area contributed by atoms with Crippen LogP contribution in [-0.4, -0.2) is 17.3 Å². The van der Waals surface area contributed by atoms with Gasteiger partial charge in [0.2, 0.25) is 0 Å². The predicted molar refractivity (Wildman–Crippen MR) is 76.6 cm³/mol. The molecule has 2 saturated carbocycles. The first-order valence-electron chi connectivity index (χ1n) is 7.41. The third-order valence-electron chi connectivity index (χ3n) is 4.95. The van der Waals surface area contributed by atoms with Crippen LogP contribution in [0.4, 0.5) is 4.39 Å².